The highest BCUT2D eigenvalue weighted by atomic mass is 32.2. The van der Waals surface area contributed by atoms with E-state index in [1.807, 2.05) is 23.9 Å². The maximum atomic E-state index is 12.0. The van der Waals surface area contributed by atoms with Gasteiger partial charge in [-0.1, -0.05) is 23.5 Å². The first-order valence-corrected chi connectivity index (χ1v) is 9.98. The Labute approximate surface area is 143 Å². The van der Waals surface area contributed by atoms with Crippen molar-refractivity contribution >= 4 is 23.1 Å². The number of thiazole rings is 1. The molecule has 2 aromatic rings. The molecule has 5 heteroatoms. The number of rotatable bonds is 2. The van der Waals surface area contributed by atoms with Gasteiger partial charge >= 0.3 is 4.87 Å². The van der Waals surface area contributed by atoms with Crippen molar-refractivity contribution in [3.8, 4) is 5.75 Å². The second-order valence-electron chi connectivity index (χ2n) is 6.95. The Morgan fingerprint density at radius 2 is 1.96 bits per heavy atom. The topological polar surface area (TPSA) is 42.1 Å². The molecule has 5 atom stereocenters. The van der Waals surface area contributed by atoms with Crippen LogP contribution in [0.1, 0.15) is 35.6 Å². The normalized spacial score (nSPS) is 34.2. The maximum absolute atomic E-state index is 12.0. The lowest BCUT2D eigenvalue weighted by molar-refractivity contribution is 0.307. The predicted molar refractivity (Wildman–Crippen MR) is 93.7 cm³/mol. The van der Waals surface area contributed by atoms with Crippen LogP contribution in [-0.4, -0.2) is 17.3 Å². The number of benzene rings is 1. The first-order valence-electron chi connectivity index (χ1n) is 8.28. The molecule has 3 aliphatic rings. The van der Waals surface area contributed by atoms with Gasteiger partial charge in [0.15, 0.2) is 0 Å². The SMILES string of the molecule is COc1ccc([C@H]2c3sc(=O)[nH]c3S[C@H]3[C@@H]4CC[C@@H](C4)[C@H]23)cc1. The lowest BCUT2D eigenvalue weighted by atomic mass is 9.75. The van der Waals surface area contributed by atoms with Gasteiger partial charge in [-0.2, -0.15) is 0 Å². The van der Waals surface area contributed by atoms with Crippen LogP contribution in [0.3, 0.4) is 0 Å². The van der Waals surface area contributed by atoms with E-state index in [-0.39, 0.29) is 4.87 Å². The van der Waals surface area contributed by atoms with E-state index in [1.165, 1.54) is 41.0 Å². The highest BCUT2D eigenvalue weighted by molar-refractivity contribution is 8.00. The smallest absolute Gasteiger partial charge is 0.305 e. The van der Waals surface area contributed by atoms with Crippen molar-refractivity contribution in [2.45, 2.75) is 35.5 Å². The first-order chi connectivity index (χ1) is 11.2. The van der Waals surface area contributed by atoms with E-state index in [0.717, 1.165) is 22.6 Å². The summed E-state index contributed by atoms with van der Waals surface area (Å²) in [6, 6.07) is 8.48. The Balaban J connectivity index is 1.64. The predicted octanol–water partition coefficient (Wildman–Crippen LogP) is 4.10. The van der Waals surface area contributed by atoms with Crippen LogP contribution in [0.5, 0.6) is 5.75 Å². The summed E-state index contributed by atoms with van der Waals surface area (Å²) in [6.07, 6.45) is 4.12. The van der Waals surface area contributed by atoms with Crippen LogP contribution >= 0.6 is 23.1 Å². The third kappa shape index (κ3) is 2.06. The van der Waals surface area contributed by atoms with Crippen LogP contribution < -0.4 is 9.61 Å². The molecule has 2 heterocycles. The average molecular weight is 345 g/mol. The molecular weight excluding hydrogens is 326 g/mol. The van der Waals surface area contributed by atoms with Gasteiger partial charge in [0.05, 0.1) is 12.1 Å². The summed E-state index contributed by atoms with van der Waals surface area (Å²) in [5.41, 5.74) is 1.34. The van der Waals surface area contributed by atoms with Crippen molar-refractivity contribution in [3.05, 3.63) is 44.4 Å². The highest BCUT2D eigenvalue weighted by Gasteiger charge is 2.54. The largest absolute Gasteiger partial charge is 0.497 e. The molecule has 5 rings (SSSR count). The quantitative estimate of drug-likeness (QED) is 0.891. The minimum Gasteiger partial charge on any atom is -0.497 e. The van der Waals surface area contributed by atoms with E-state index in [4.69, 9.17) is 4.74 Å². The van der Waals surface area contributed by atoms with Crippen LogP contribution in [-0.2, 0) is 0 Å². The van der Waals surface area contributed by atoms with E-state index in [1.54, 1.807) is 7.11 Å². The molecule has 120 valence electrons. The van der Waals surface area contributed by atoms with Gasteiger partial charge in [0.2, 0.25) is 0 Å². The molecule has 0 saturated heterocycles. The van der Waals surface area contributed by atoms with Crippen LogP contribution in [0.15, 0.2) is 34.1 Å². The second-order valence-corrected chi connectivity index (χ2v) is 9.15. The van der Waals surface area contributed by atoms with Gasteiger partial charge in [-0.05, 0) is 54.7 Å². The number of hydrogen-bond donors (Lipinski definition) is 1. The molecule has 0 radical (unpaired) electrons. The summed E-state index contributed by atoms with van der Waals surface area (Å²) in [5.74, 6) is 3.63. The fourth-order valence-corrected chi connectivity index (χ4v) is 7.93. The van der Waals surface area contributed by atoms with E-state index in [2.05, 4.69) is 17.1 Å². The molecule has 2 aliphatic carbocycles. The van der Waals surface area contributed by atoms with Crippen molar-refractivity contribution in [1.82, 2.24) is 4.98 Å². The molecule has 1 aliphatic heterocycles. The van der Waals surface area contributed by atoms with Gasteiger partial charge < -0.3 is 9.72 Å². The van der Waals surface area contributed by atoms with Gasteiger partial charge in [-0.3, -0.25) is 4.79 Å². The number of aromatic nitrogens is 1. The zero-order valence-electron chi connectivity index (χ0n) is 13.0. The zero-order chi connectivity index (χ0) is 15.6. The molecule has 3 nitrogen and oxygen atoms in total. The number of methoxy groups -OCH3 is 1. The third-order valence-corrected chi connectivity index (χ3v) is 8.56. The molecule has 2 saturated carbocycles. The van der Waals surface area contributed by atoms with Gasteiger partial charge in [0.25, 0.3) is 0 Å². The standard InChI is InChI=1S/C18H19NO2S2/c1-21-12-6-4-9(5-7-12)13-14-10-2-3-11(8-10)15(14)22-17-16(13)23-18(20)19-17/h4-7,10-11,13-15H,2-3,8H2,1H3,(H,19,20)/t10-,11+,13+,14+,15-/m0/s1. The number of ether oxygens (including phenoxy) is 1. The highest BCUT2D eigenvalue weighted by Crippen LogP contribution is 2.63. The fourth-order valence-electron chi connectivity index (χ4n) is 5.03. The lowest BCUT2D eigenvalue weighted by Crippen LogP contribution is -2.33. The molecule has 1 aromatic carbocycles. The molecule has 1 N–H and O–H groups in total. The Morgan fingerprint density at radius 3 is 2.74 bits per heavy atom. The summed E-state index contributed by atoms with van der Waals surface area (Å²) in [6.45, 7) is 0. The van der Waals surface area contributed by atoms with Crippen molar-refractivity contribution in [1.29, 1.82) is 0 Å². The Morgan fingerprint density at radius 1 is 1.17 bits per heavy atom. The number of hydrogen-bond acceptors (Lipinski definition) is 4. The molecule has 1 aromatic heterocycles. The van der Waals surface area contributed by atoms with Crippen LogP contribution in [0, 0.1) is 17.8 Å². The molecule has 0 spiro atoms. The van der Waals surface area contributed by atoms with Gasteiger partial charge in [0.1, 0.15) is 5.75 Å². The van der Waals surface area contributed by atoms with E-state index in [9.17, 15) is 4.79 Å². The Bertz CT molecular complexity index is 794. The molecule has 0 unspecified atom stereocenters. The van der Waals surface area contributed by atoms with Crippen LogP contribution in [0.25, 0.3) is 0 Å². The number of aromatic amines is 1. The first kappa shape index (κ1) is 14.2. The van der Waals surface area contributed by atoms with Crippen LogP contribution in [0.4, 0.5) is 0 Å². The number of thioether (sulfide) groups is 1. The van der Waals surface area contributed by atoms with Crippen LogP contribution in [0.2, 0.25) is 0 Å². The lowest BCUT2D eigenvalue weighted by Gasteiger charge is -2.40. The summed E-state index contributed by atoms with van der Waals surface area (Å²) in [5, 5.41) is 1.81. The van der Waals surface area contributed by atoms with E-state index >= 15 is 0 Å². The molecule has 23 heavy (non-hydrogen) atoms. The van der Waals surface area contributed by atoms with Gasteiger partial charge in [-0.25, -0.2) is 0 Å². The summed E-state index contributed by atoms with van der Waals surface area (Å²) < 4.78 is 5.31. The summed E-state index contributed by atoms with van der Waals surface area (Å²) in [7, 11) is 1.70. The molecule has 2 bridgehead atoms. The average Bonchev–Trinajstić information content (AvgIpc) is 3.26. The molecule has 2 fully saturated rings. The van der Waals surface area contributed by atoms with Crippen molar-refractivity contribution < 1.29 is 4.74 Å². The van der Waals surface area contributed by atoms with Crippen molar-refractivity contribution in [2.24, 2.45) is 17.8 Å². The molecule has 0 amide bonds. The Hall–Kier alpha value is -1.20. The number of nitrogens with one attached hydrogen (secondary N) is 1. The zero-order valence-corrected chi connectivity index (χ0v) is 14.6. The molecular formula is C18H19NO2S2. The monoisotopic (exact) mass is 345 g/mol. The Kier molecular flexibility index (Phi) is 3.17. The summed E-state index contributed by atoms with van der Waals surface area (Å²) >= 11 is 3.36. The van der Waals surface area contributed by atoms with E-state index in [0.29, 0.717) is 17.1 Å². The third-order valence-electron chi connectivity index (χ3n) is 5.94. The van der Waals surface area contributed by atoms with Gasteiger partial charge in [-0.15, -0.1) is 11.8 Å². The maximum Gasteiger partial charge on any atom is 0.305 e. The van der Waals surface area contributed by atoms with E-state index < -0.39 is 0 Å². The minimum absolute atomic E-state index is 0.0910. The number of H-pyrrole nitrogens is 1. The second kappa shape index (κ2) is 5.15. The summed E-state index contributed by atoms with van der Waals surface area (Å²) in [4.78, 5) is 16.4. The van der Waals surface area contributed by atoms with Gasteiger partial charge in [0, 0.05) is 16.0 Å². The van der Waals surface area contributed by atoms with Crippen molar-refractivity contribution in [2.75, 3.05) is 7.11 Å². The fraction of sp³-hybridized carbons (Fsp3) is 0.500. The minimum atomic E-state index is 0.0910. The number of fused-ring (bicyclic) bond motifs is 6. The van der Waals surface area contributed by atoms with Crippen molar-refractivity contribution in [3.63, 3.8) is 0 Å².